The number of ether oxygens (including phenoxy) is 1. The van der Waals surface area contributed by atoms with Crippen molar-refractivity contribution >= 4 is 17.3 Å². The fourth-order valence-corrected chi connectivity index (χ4v) is 3.00. The second kappa shape index (κ2) is 8.53. The Morgan fingerprint density at radius 3 is 2.27 bits per heavy atom. The summed E-state index contributed by atoms with van der Waals surface area (Å²) in [4.78, 5) is 15.8. The van der Waals surface area contributed by atoms with Crippen molar-refractivity contribution in [2.45, 2.75) is 0 Å². The average Bonchev–Trinajstić information content (AvgIpc) is 2.78. The molecule has 0 bridgehead atoms. The lowest BCUT2D eigenvalue weighted by Gasteiger charge is -2.11. The summed E-state index contributed by atoms with van der Waals surface area (Å²) in [7, 11) is 0. The van der Waals surface area contributed by atoms with Gasteiger partial charge in [-0.05, 0) is 53.1 Å². The van der Waals surface area contributed by atoms with Gasteiger partial charge < -0.3 is 4.74 Å². The molecule has 1 aromatic heterocycles. The predicted octanol–water partition coefficient (Wildman–Crippen LogP) is 6.29. The third-order valence-corrected chi connectivity index (χ3v) is 4.57. The van der Waals surface area contributed by atoms with Crippen molar-refractivity contribution in [3.05, 3.63) is 111 Å². The first-order valence-electron chi connectivity index (χ1n) is 8.92. The molecule has 0 aliphatic heterocycles. The van der Waals surface area contributed by atoms with Gasteiger partial charge in [-0.1, -0.05) is 59.2 Å². The highest BCUT2D eigenvalue weighted by Crippen LogP contribution is 2.30. The summed E-state index contributed by atoms with van der Waals surface area (Å²) in [6.07, 6.45) is 1.28. The minimum Gasteiger partial charge on any atom is -0.451 e. The lowest BCUT2D eigenvalue weighted by atomic mass is 10.1. The molecule has 7 nitrogen and oxygen atoms in total. The van der Waals surface area contributed by atoms with Crippen LogP contribution in [-0.2, 0) is 0 Å². The number of rotatable bonds is 5. The van der Waals surface area contributed by atoms with Crippen LogP contribution in [0.1, 0.15) is 0 Å². The Morgan fingerprint density at radius 2 is 1.60 bits per heavy atom. The fraction of sp³-hybridized carbons (Fsp3) is 0. The van der Waals surface area contributed by atoms with E-state index < -0.39 is 5.56 Å². The van der Waals surface area contributed by atoms with E-state index in [4.69, 9.17) is 21.9 Å². The van der Waals surface area contributed by atoms with Gasteiger partial charge in [0.1, 0.15) is 11.4 Å². The van der Waals surface area contributed by atoms with Crippen LogP contribution in [0.5, 0.6) is 11.5 Å². The standard InChI is InChI=1S/C22H14ClN5O2/c23-17-8-10-18(11-9-17)28-22(29)21(20(14-25-28)26-27-24)30-19-12-6-16(7-13-19)15-4-2-1-3-5-15/h1-14H. The smallest absolute Gasteiger partial charge is 0.314 e. The van der Waals surface area contributed by atoms with Gasteiger partial charge in [-0.2, -0.15) is 9.78 Å². The first-order valence-corrected chi connectivity index (χ1v) is 9.30. The first-order chi connectivity index (χ1) is 14.7. The molecule has 0 spiro atoms. The van der Waals surface area contributed by atoms with Gasteiger partial charge in [0.05, 0.1) is 11.9 Å². The first kappa shape index (κ1) is 19.3. The number of aromatic nitrogens is 2. The molecule has 0 fully saturated rings. The fourth-order valence-electron chi connectivity index (χ4n) is 2.87. The molecule has 0 aliphatic rings. The van der Waals surface area contributed by atoms with Crippen LogP contribution in [0.3, 0.4) is 0 Å². The van der Waals surface area contributed by atoms with Gasteiger partial charge in [-0.3, -0.25) is 4.79 Å². The highest BCUT2D eigenvalue weighted by molar-refractivity contribution is 6.30. The molecule has 0 atom stereocenters. The normalized spacial score (nSPS) is 10.3. The minimum atomic E-state index is -0.561. The van der Waals surface area contributed by atoms with E-state index >= 15 is 0 Å². The summed E-state index contributed by atoms with van der Waals surface area (Å²) in [5.74, 6) is 0.306. The Labute approximate surface area is 176 Å². The molecule has 0 unspecified atom stereocenters. The van der Waals surface area contributed by atoms with E-state index in [2.05, 4.69) is 15.1 Å². The molecule has 0 N–H and O–H groups in total. The maximum atomic E-state index is 13.0. The molecule has 0 aliphatic carbocycles. The summed E-state index contributed by atoms with van der Waals surface area (Å²) in [6, 6.07) is 23.7. The number of nitrogens with zero attached hydrogens (tertiary/aromatic N) is 5. The third kappa shape index (κ3) is 4.03. The second-order valence-electron chi connectivity index (χ2n) is 6.23. The SMILES string of the molecule is [N-]=[N+]=Nc1cnn(-c2ccc(Cl)cc2)c(=O)c1Oc1ccc(-c2ccccc2)cc1. The van der Waals surface area contributed by atoms with Crippen molar-refractivity contribution in [3.8, 4) is 28.3 Å². The summed E-state index contributed by atoms with van der Waals surface area (Å²) < 4.78 is 6.96. The maximum absolute atomic E-state index is 13.0. The van der Waals surface area contributed by atoms with Crippen molar-refractivity contribution in [2.24, 2.45) is 5.11 Å². The topological polar surface area (TPSA) is 92.9 Å². The van der Waals surface area contributed by atoms with E-state index in [1.54, 1.807) is 36.4 Å². The van der Waals surface area contributed by atoms with Gasteiger partial charge in [0, 0.05) is 9.93 Å². The van der Waals surface area contributed by atoms with E-state index in [1.807, 2.05) is 42.5 Å². The number of hydrogen-bond acceptors (Lipinski definition) is 4. The Kier molecular flexibility index (Phi) is 5.48. The van der Waals surface area contributed by atoms with Crippen LogP contribution >= 0.6 is 11.6 Å². The Morgan fingerprint density at radius 1 is 0.933 bits per heavy atom. The monoisotopic (exact) mass is 415 g/mol. The van der Waals surface area contributed by atoms with Gasteiger partial charge in [-0.25, -0.2) is 0 Å². The van der Waals surface area contributed by atoms with Crippen LogP contribution in [0.2, 0.25) is 5.02 Å². The van der Waals surface area contributed by atoms with Crippen LogP contribution in [0.25, 0.3) is 27.3 Å². The van der Waals surface area contributed by atoms with E-state index in [1.165, 1.54) is 6.20 Å². The molecule has 1 heterocycles. The van der Waals surface area contributed by atoms with Crippen molar-refractivity contribution in [2.75, 3.05) is 0 Å². The lowest BCUT2D eigenvalue weighted by molar-refractivity contribution is 0.469. The average molecular weight is 416 g/mol. The van der Waals surface area contributed by atoms with Crippen molar-refractivity contribution in [3.63, 3.8) is 0 Å². The highest BCUT2D eigenvalue weighted by atomic mass is 35.5. The lowest BCUT2D eigenvalue weighted by Crippen LogP contribution is -2.21. The van der Waals surface area contributed by atoms with Crippen molar-refractivity contribution in [1.82, 2.24) is 9.78 Å². The van der Waals surface area contributed by atoms with E-state index in [0.29, 0.717) is 16.5 Å². The molecular weight excluding hydrogens is 402 g/mol. The maximum Gasteiger partial charge on any atom is 0.314 e. The molecule has 3 aromatic carbocycles. The van der Waals surface area contributed by atoms with Crippen LogP contribution < -0.4 is 10.3 Å². The van der Waals surface area contributed by atoms with Gasteiger partial charge in [0.2, 0.25) is 5.75 Å². The zero-order valence-electron chi connectivity index (χ0n) is 15.5. The van der Waals surface area contributed by atoms with Crippen molar-refractivity contribution < 1.29 is 4.74 Å². The third-order valence-electron chi connectivity index (χ3n) is 4.32. The molecule has 0 radical (unpaired) electrons. The molecule has 8 heteroatoms. The molecular formula is C22H14ClN5O2. The number of azide groups is 1. The van der Waals surface area contributed by atoms with Crippen LogP contribution in [-0.4, -0.2) is 9.78 Å². The number of benzene rings is 3. The molecule has 0 saturated heterocycles. The van der Waals surface area contributed by atoms with Crippen LogP contribution in [0, 0.1) is 0 Å². The molecule has 146 valence electrons. The zero-order chi connectivity index (χ0) is 20.9. The quantitative estimate of drug-likeness (QED) is 0.218. The summed E-state index contributed by atoms with van der Waals surface area (Å²) in [5.41, 5.74) is 10.8. The van der Waals surface area contributed by atoms with Gasteiger partial charge in [0.25, 0.3) is 0 Å². The summed E-state index contributed by atoms with van der Waals surface area (Å²) >= 11 is 5.91. The Hall–Kier alpha value is -4.06. The highest BCUT2D eigenvalue weighted by Gasteiger charge is 2.14. The molecule has 30 heavy (non-hydrogen) atoms. The van der Waals surface area contributed by atoms with E-state index in [9.17, 15) is 4.79 Å². The molecule has 0 saturated carbocycles. The number of halogens is 1. The second-order valence-corrected chi connectivity index (χ2v) is 6.67. The summed E-state index contributed by atoms with van der Waals surface area (Å²) in [5, 5.41) is 8.14. The van der Waals surface area contributed by atoms with E-state index in [0.717, 1.165) is 15.8 Å². The largest absolute Gasteiger partial charge is 0.451 e. The summed E-state index contributed by atoms with van der Waals surface area (Å²) in [6.45, 7) is 0. The van der Waals surface area contributed by atoms with Crippen LogP contribution in [0.15, 0.2) is 95.0 Å². The Balaban J connectivity index is 1.72. The Bertz CT molecular complexity index is 1280. The molecule has 0 amide bonds. The molecule has 4 rings (SSSR count). The zero-order valence-corrected chi connectivity index (χ0v) is 16.3. The van der Waals surface area contributed by atoms with Crippen molar-refractivity contribution in [1.29, 1.82) is 0 Å². The van der Waals surface area contributed by atoms with Gasteiger partial charge in [-0.15, -0.1) is 0 Å². The predicted molar refractivity (Wildman–Crippen MR) is 116 cm³/mol. The van der Waals surface area contributed by atoms with Crippen LogP contribution in [0.4, 0.5) is 5.69 Å². The molecule has 4 aromatic rings. The number of hydrogen-bond donors (Lipinski definition) is 0. The van der Waals surface area contributed by atoms with Gasteiger partial charge >= 0.3 is 5.56 Å². The van der Waals surface area contributed by atoms with E-state index in [-0.39, 0.29) is 11.4 Å². The van der Waals surface area contributed by atoms with Gasteiger partial charge in [0.15, 0.2) is 0 Å². The minimum absolute atomic E-state index is 0.000139.